The number of anilines is 1. The van der Waals surface area contributed by atoms with Crippen LogP contribution in [0.5, 0.6) is 0 Å². The van der Waals surface area contributed by atoms with E-state index in [0.29, 0.717) is 11.3 Å². The van der Waals surface area contributed by atoms with Crippen molar-refractivity contribution in [2.24, 2.45) is 11.0 Å². The minimum atomic E-state index is -0.296. The van der Waals surface area contributed by atoms with Gasteiger partial charge in [-0.2, -0.15) is 5.10 Å². The lowest BCUT2D eigenvalue weighted by atomic mass is 10.1. The van der Waals surface area contributed by atoms with Crippen molar-refractivity contribution in [2.75, 3.05) is 5.32 Å². The maximum atomic E-state index is 12.0. The van der Waals surface area contributed by atoms with Crippen LogP contribution in [0.25, 0.3) is 0 Å². The molecule has 0 unspecified atom stereocenters. The first-order valence-electron chi connectivity index (χ1n) is 7.79. The highest BCUT2D eigenvalue weighted by molar-refractivity contribution is 6.02. The summed E-state index contributed by atoms with van der Waals surface area (Å²) in [6.07, 6.45) is 5.04. The number of hydrogen-bond donors (Lipinski definition) is 2. The highest BCUT2D eigenvalue weighted by Gasteiger charge is 2.29. The Morgan fingerprint density at radius 1 is 1.12 bits per heavy atom. The maximum absolute atomic E-state index is 12.0. The number of amides is 2. The van der Waals surface area contributed by atoms with Crippen molar-refractivity contribution in [3.63, 3.8) is 0 Å². The minimum absolute atomic E-state index is 0.0627. The molecule has 1 saturated carbocycles. The summed E-state index contributed by atoms with van der Waals surface area (Å²) < 4.78 is 0. The zero-order valence-electron chi connectivity index (χ0n) is 13.3. The van der Waals surface area contributed by atoms with Gasteiger partial charge in [-0.3, -0.25) is 14.6 Å². The maximum Gasteiger partial charge on any atom is 0.271 e. The van der Waals surface area contributed by atoms with E-state index in [1.807, 2.05) is 24.3 Å². The second-order valence-electron chi connectivity index (χ2n) is 5.72. The lowest BCUT2D eigenvalue weighted by Gasteiger charge is -2.07. The topological polar surface area (TPSA) is 83.4 Å². The quantitative estimate of drug-likeness (QED) is 0.655. The molecule has 3 rings (SSSR count). The largest absolute Gasteiger partial charge is 0.326 e. The van der Waals surface area contributed by atoms with Gasteiger partial charge in [-0.25, -0.2) is 5.43 Å². The molecule has 1 fully saturated rings. The third kappa shape index (κ3) is 4.04. The zero-order valence-corrected chi connectivity index (χ0v) is 13.3. The Bertz CT molecular complexity index is 783. The van der Waals surface area contributed by atoms with Crippen molar-refractivity contribution in [2.45, 2.75) is 19.8 Å². The van der Waals surface area contributed by atoms with Gasteiger partial charge in [0.25, 0.3) is 5.91 Å². The predicted molar refractivity (Wildman–Crippen MR) is 91.7 cm³/mol. The first-order chi connectivity index (χ1) is 11.6. The van der Waals surface area contributed by atoms with E-state index in [-0.39, 0.29) is 17.7 Å². The van der Waals surface area contributed by atoms with E-state index in [1.165, 1.54) is 0 Å². The molecule has 2 N–H and O–H groups in total. The monoisotopic (exact) mass is 322 g/mol. The molecule has 1 aliphatic carbocycles. The summed E-state index contributed by atoms with van der Waals surface area (Å²) in [6.45, 7) is 1.80. The van der Waals surface area contributed by atoms with Crippen molar-refractivity contribution >= 4 is 23.2 Å². The third-order valence-electron chi connectivity index (χ3n) is 3.76. The summed E-state index contributed by atoms with van der Waals surface area (Å²) in [5.74, 6) is -0.0780. The lowest BCUT2D eigenvalue weighted by Crippen LogP contribution is -2.19. The highest BCUT2D eigenvalue weighted by Crippen LogP contribution is 2.30. The van der Waals surface area contributed by atoms with Crippen LogP contribution < -0.4 is 10.7 Å². The van der Waals surface area contributed by atoms with Crippen molar-refractivity contribution in [3.05, 3.63) is 59.9 Å². The number of pyridine rings is 1. The molecule has 6 nitrogen and oxygen atoms in total. The van der Waals surface area contributed by atoms with E-state index in [1.54, 1.807) is 31.5 Å². The molecular weight excluding hydrogens is 304 g/mol. The Kier molecular flexibility index (Phi) is 4.65. The number of carbonyl (C=O) groups is 2. The van der Waals surface area contributed by atoms with Crippen molar-refractivity contribution < 1.29 is 9.59 Å². The molecule has 0 bridgehead atoms. The van der Waals surface area contributed by atoms with Crippen LogP contribution in [0.15, 0.2) is 53.9 Å². The van der Waals surface area contributed by atoms with Crippen LogP contribution >= 0.6 is 0 Å². The van der Waals surface area contributed by atoms with E-state index >= 15 is 0 Å². The number of nitrogens with one attached hydrogen (secondary N) is 2. The van der Waals surface area contributed by atoms with E-state index < -0.39 is 0 Å². The molecule has 122 valence electrons. The van der Waals surface area contributed by atoms with Crippen LogP contribution in [-0.2, 0) is 4.79 Å². The number of carbonyl (C=O) groups excluding carboxylic acids is 2. The third-order valence-corrected chi connectivity index (χ3v) is 3.76. The second kappa shape index (κ2) is 7.04. The van der Waals surface area contributed by atoms with Gasteiger partial charge in [-0.1, -0.05) is 12.1 Å². The fraction of sp³-hybridized carbons (Fsp3) is 0.222. The summed E-state index contributed by atoms with van der Waals surface area (Å²) in [6, 6.07) is 10.7. The molecule has 1 aromatic carbocycles. The number of nitrogens with zero attached hydrogens (tertiary/aromatic N) is 2. The smallest absolute Gasteiger partial charge is 0.271 e. The van der Waals surface area contributed by atoms with Gasteiger partial charge in [0, 0.05) is 29.6 Å². The Morgan fingerprint density at radius 3 is 2.58 bits per heavy atom. The van der Waals surface area contributed by atoms with Gasteiger partial charge >= 0.3 is 0 Å². The summed E-state index contributed by atoms with van der Waals surface area (Å²) in [7, 11) is 0. The van der Waals surface area contributed by atoms with Crippen molar-refractivity contribution in [3.8, 4) is 0 Å². The van der Waals surface area contributed by atoms with E-state index in [9.17, 15) is 9.59 Å². The molecule has 0 aliphatic heterocycles. The number of hydrogen-bond acceptors (Lipinski definition) is 4. The van der Waals surface area contributed by atoms with Crippen LogP contribution in [-0.4, -0.2) is 22.5 Å². The molecule has 1 aliphatic rings. The Morgan fingerprint density at radius 2 is 1.88 bits per heavy atom. The molecule has 0 saturated heterocycles. The van der Waals surface area contributed by atoms with Gasteiger partial charge in [0.1, 0.15) is 0 Å². The van der Waals surface area contributed by atoms with Gasteiger partial charge in [-0.15, -0.1) is 0 Å². The SMILES string of the molecule is CC(=NNC(=O)c1ccncc1)c1cccc(NC(=O)C2CC2)c1. The first-order valence-corrected chi connectivity index (χ1v) is 7.79. The van der Waals surface area contributed by atoms with E-state index in [0.717, 1.165) is 24.1 Å². The van der Waals surface area contributed by atoms with Gasteiger partial charge in [0.2, 0.25) is 5.91 Å². The molecule has 6 heteroatoms. The van der Waals surface area contributed by atoms with Crippen molar-refractivity contribution in [1.29, 1.82) is 0 Å². The molecule has 0 radical (unpaired) electrons. The van der Waals surface area contributed by atoms with Crippen LogP contribution in [0, 0.1) is 5.92 Å². The number of hydrazone groups is 1. The summed E-state index contributed by atoms with van der Waals surface area (Å²) in [5, 5.41) is 7.02. The summed E-state index contributed by atoms with van der Waals surface area (Å²) in [5.41, 5.74) is 5.23. The lowest BCUT2D eigenvalue weighted by molar-refractivity contribution is -0.117. The van der Waals surface area contributed by atoms with Crippen LogP contribution in [0.4, 0.5) is 5.69 Å². The standard InChI is InChI=1S/C18H18N4O2/c1-12(21-22-18(24)14-7-9-19-10-8-14)15-3-2-4-16(11-15)20-17(23)13-5-6-13/h2-4,7-11,13H,5-6H2,1H3,(H,20,23)(H,22,24). The fourth-order valence-corrected chi connectivity index (χ4v) is 2.18. The van der Waals surface area contributed by atoms with Crippen molar-refractivity contribution in [1.82, 2.24) is 10.4 Å². The molecule has 1 aromatic heterocycles. The van der Waals surface area contributed by atoms with E-state index in [4.69, 9.17) is 0 Å². The van der Waals surface area contributed by atoms with Gasteiger partial charge in [0.15, 0.2) is 0 Å². The van der Waals surface area contributed by atoms with Crippen LogP contribution in [0.1, 0.15) is 35.7 Å². The second-order valence-corrected chi connectivity index (χ2v) is 5.72. The number of rotatable bonds is 5. The average molecular weight is 322 g/mol. The summed E-state index contributed by atoms with van der Waals surface area (Å²) in [4.78, 5) is 27.7. The molecule has 2 amide bonds. The molecule has 0 atom stereocenters. The van der Waals surface area contributed by atoms with Gasteiger partial charge in [-0.05, 0) is 49.6 Å². The Balaban J connectivity index is 1.66. The molecule has 1 heterocycles. The normalized spacial score (nSPS) is 14.1. The average Bonchev–Trinajstić information content (AvgIpc) is 3.45. The predicted octanol–water partition coefficient (Wildman–Crippen LogP) is 2.58. The molecule has 2 aromatic rings. The first kappa shape index (κ1) is 15.9. The van der Waals surface area contributed by atoms with Gasteiger partial charge in [0.05, 0.1) is 5.71 Å². The van der Waals surface area contributed by atoms with Crippen LogP contribution in [0.3, 0.4) is 0 Å². The Labute approximate surface area is 140 Å². The van der Waals surface area contributed by atoms with Crippen LogP contribution in [0.2, 0.25) is 0 Å². The zero-order chi connectivity index (χ0) is 16.9. The van der Waals surface area contributed by atoms with E-state index in [2.05, 4.69) is 20.8 Å². The Hall–Kier alpha value is -3.02. The fourth-order valence-electron chi connectivity index (χ4n) is 2.18. The molecule has 0 spiro atoms. The summed E-state index contributed by atoms with van der Waals surface area (Å²) >= 11 is 0. The minimum Gasteiger partial charge on any atom is -0.326 e. The number of aromatic nitrogens is 1. The van der Waals surface area contributed by atoms with Gasteiger partial charge < -0.3 is 5.32 Å². The molecular formula is C18H18N4O2. The molecule has 24 heavy (non-hydrogen) atoms. The highest BCUT2D eigenvalue weighted by atomic mass is 16.2. The number of benzene rings is 1.